The van der Waals surface area contributed by atoms with Crippen molar-refractivity contribution in [1.29, 1.82) is 0 Å². The minimum absolute atomic E-state index is 0.0640. The van der Waals surface area contributed by atoms with Crippen molar-refractivity contribution in [2.45, 2.75) is 83.5 Å². The zero-order valence-corrected chi connectivity index (χ0v) is 26.8. The number of allylic oxidation sites excluding steroid dienone is 7. The Morgan fingerprint density at radius 2 is 1.65 bits per heavy atom. The molecule has 3 aliphatic rings. The molecular formula is C38H48N3O2+. The summed E-state index contributed by atoms with van der Waals surface area (Å²) in [6.07, 6.45) is 15.4. The van der Waals surface area contributed by atoms with Crippen LogP contribution in [0.25, 0.3) is 0 Å². The number of benzene rings is 2. The van der Waals surface area contributed by atoms with Crippen LogP contribution in [0.3, 0.4) is 0 Å². The molecule has 0 unspecified atom stereocenters. The molecule has 5 heteroatoms. The van der Waals surface area contributed by atoms with Gasteiger partial charge in [-0.2, -0.15) is 4.58 Å². The molecule has 0 saturated carbocycles. The van der Waals surface area contributed by atoms with Crippen molar-refractivity contribution in [2.24, 2.45) is 0 Å². The molecule has 5 rings (SSSR count). The third kappa shape index (κ3) is 6.00. The summed E-state index contributed by atoms with van der Waals surface area (Å²) in [4.78, 5) is 13.3. The lowest BCUT2D eigenvalue weighted by atomic mass is 9.81. The third-order valence-electron chi connectivity index (χ3n) is 9.67. The van der Waals surface area contributed by atoms with Gasteiger partial charge in [-0.05, 0) is 74.8 Å². The molecule has 0 bridgehead atoms. The molecule has 0 aromatic heterocycles. The van der Waals surface area contributed by atoms with Gasteiger partial charge in [-0.15, -0.1) is 0 Å². The van der Waals surface area contributed by atoms with E-state index in [1.54, 1.807) is 0 Å². The van der Waals surface area contributed by atoms with E-state index in [1.165, 1.54) is 50.8 Å². The smallest absolute Gasteiger partial charge is 0.303 e. The van der Waals surface area contributed by atoms with E-state index in [4.69, 9.17) is 5.11 Å². The van der Waals surface area contributed by atoms with E-state index in [1.807, 2.05) is 0 Å². The van der Waals surface area contributed by atoms with Crippen LogP contribution in [-0.4, -0.2) is 42.0 Å². The molecule has 2 heterocycles. The standard InChI is InChI=1S/C38H47N3O2/c1-37(2)29-17-9-11-19-31(29)40(5)33(37)24-22-27-15-14-16-28(36(27)39-26-13-7-8-21-35(42)43)23-25-34-38(3,4)30-18-10-12-20-32(30)41(34)6/h9-12,17-20,22-25H,7-8,13-16,21,26H2,1-6H3,(H,42,43)/p+1. The molecule has 0 spiro atoms. The second kappa shape index (κ2) is 12.4. The zero-order chi connectivity index (χ0) is 30.8. The lowest BCUT2D eigenvalue weighted by Gasteiger charge is -2.25. The topological polar surface area (TPSA) is 55.6 Å². The minimum Gasteiger partial charge on any atom is -0.481 e. The monoisotopic (exact) mass is 578 g/mol. The van der Waals surface area contributed by atoms with Crippen molar-refractivity contribution in [1.82, 2.24) is 5.32 Å². The lowest BCUT2D eigenvalue weighted by Crippen LogP contribution is -2.27. The fourth-order valence-electron chi connectivity index (χ4n) is 7.24. The first-order chi connectivity index (χ1) is 20.5. The summed E-state index contributed by atoms with van der Waals surface area (Å²) in [6, 6.07) is 17.4. The van der Waals surface area contributed by atoms with Gasteiger partial charge in [0, 0.05) is 60.2 Å². The summed E-state index contributed by atoms with van der Waals surface area (Å²) in [5.74, 6) is -0.713. The number of rotatable bonds is 10. The Balaban J connectivity index is 1.46. The van der Waals surface area contributed by atoms with E-state index < -0.39 is 5.97 Å². The maximum Gasteiger partial charge on any atom is 0.303 e. The van der Waals surface area contributed by atoms with Gasteiger partial charge < -0.3 is 15.3 Å². The highest BCUT2D eigenvalue weighted by atomic mass is 16.4. The zero-order valence-electron chi connectivity index (χ0n) is 26.8. The fraction of sp³-hybridized carbons (Fsp3) is 0.421. The van der Waals surface area contributed by atoms with Crippen LogP contribution in [-0.2, 0) is 15.6 Å². The number of nitrogens with zero attached hydrogens (tertiary/aromatic N) is 2. The maximum absolute atomic E-state index is 11.0. The van der Waals surface area contributed by atoms with Crippen molar-refractivity contribution in [3.63, 3.8) is 0 Å². The third-order valence-corrected chi connectivity index (χ3v) is 9.67. The van der Waals surface area contributed by atoms with Crippen molar-refractivity contribution >= 4 is 23.1 Å². The van der Waals surface area contributed by atoms with Gasteiger partial charge >= 0.3 is 5.97 Å². The molecule has 226 valence electrons. The van der Waals surface area contributed by atoms with E-state index in [-0.39, 0.29) is 17.3 Å². The normalized spacial score (nSPS) is 20.8. The Hall–Kier alpha value is -3.86. The summed E-state index contributed by atoms with van der Waals surface area (Å²) in [5.41, 5.74) is 11.7. The number of carboxylic acids is 1. The average Bonchev–Trinajstić information content (AvgIpc) is 3.30. The van der Waals surface area contributed by atoms with Crippen LogP contribution in [0.4, 0.5) is 11.4 Å². The molecule has 2 aliphatic heterocycles. The Morgan fingerprint density at radius 1 is 0.930 bits per heavy atom. The highest BCUT2D eigenvalue weighted by Crippen LogP contribution is 2.47. The van der Waals surface area contributed by atoms with Crippen molar-refractivity contribution in [3.05, 3.63) is 107 Å². The van der Waals surface area contributed by atoms with E-state index in [0.717, 1.165) is 45.1 Å². The number of carboxylic acid groups (broad SMARTS) is 1. The Bertz CT molecular complexity index is 1550. The van der Waals surface area contributed by atoms with Crippen LogP contribution in [0.5, 0.6) is 0 Å². The highest BCUT2D eigenvalue weighted by molar-refractivity contribution is 6.03. The van der Waals surface area contributed by atoms with Gasteiger partial charge in [-0.25, -0.2) is 0 Å². The van der Waals surface area contributed by atoms with Gasteiger partial charge in [0.1, 0.15) is 7.05 Å². The highest BCUT2D eigenvalue weighted by Gasteiger charge is 2.42. The number of hydrogen-bond donors (Lipinski definition) is 2. The van der Waals surface area contributed by atoms with Crippen LogP contribution in [0.1, 0.15) is 83.8 Å². The van der Waals surface area contributed by atoms with Crippen molar-refractivity contribution in [2.75, 3.05) is 25.5 Å². The number of likely N-dealkylation sites (N-methyl/N-ethyl adjacent to an activating group) is 1. The predicted octanol–water partition coefficient (Wildman–Crippen LogP) is 8.16. The maximum atomic E-state index is 11.0. The number of para-hydroxylation sites is 2. The molecule has 2 N–H and O–H groups in total. The summed E-state index contributed by atoms with van der Waals surface area (Å²) >= 11 is 0. The Kier molecular flexibility index (Phi) is 8.82. The van der Waals surface area contributed by atoms with Crippen LogP contribution < -0.4 is 10.2 Å². The molecule has 1 aliphatic carbocycles. The minimum atomic E-state index is -0.713. The SMILES string of the molecule is CN1C(=CC=C2CCCC(C=CC3=[N+](C)c4ccccc4C3(C)C)=C2NCCCCCC(=O)O)C(C)(C)c2ccccc21. The second-order valence-electron chi connectivity index (χ2n) is 13.2. The van der Waals surface area contributed by atoms with Gasteiger partial charge in [0.15, 0.2) is 5.71 Å². The average molecular weight is 579 g/mol. The lowest BCUT2D eigenvalue weighted by molar-refractivity contribution is -0.401. The molecule has 2 aromatic carbocycles. The van der Waals surface area contributed by atoms with Gasteiger partial charge in [-0.1, -0.05) is 68.8 Å². The van der Waals surface area contributed by atoms with Crippen molar-refractivity contribution < 1.29 is 14.5 Å². The van der Waals surface area contributed by atoms with Crippen LogP contribution in [0.2, 0.25) is 0 Å². The van der Waals surface area contributed by atoms with E-state index in [0.29, 0.717) is 0 Å². The summed E-state index contributed by atoms with van der Waals surface area (Å²) in [6.45, 7) is 10.1. The van der Waals surface area contributed by atoms with Crippen LogP contribution in [0, 0.1) is 0 Å². The van der Waals surface area contributed by atoms with Crippen molar-refractivity contribution in [3.8, 4) is 0 Å². The molecule has 0 atom stereocenters. The summed E-state index contributed by atoms with van der Waals surface area (Å²) in [7, 11) is 4.35. The van der Waals surface area contributed by atoms with E-state index >= 15 is 0 Å². The molecule has 43 heavy (non-hydrogen) atoms. The van der Waals surface area contributed by atoms with E-state index in [9.17, 15) is 4.79 Å². The van der Waals surface area contributed by atoms with Crippen LogP contribution in [0.15, 0.2) is 95.4 Å². The number of hydrogen-bond acceptors (Lipinski definition) is 3. The van der Waals surface area contributed by atoms with Gasteiger partial charge in [-0.3, -0.25) is 4.79 Å². The number of nitrogens with one attached hydrogen (secondary N) is 1. The quantitative estimate of drug-likeness (QED) is 0.221. The first kappa shape index (κ1) is 30.6. The first-order valence-electron chi connectivity index (χ1n) is 15.9. The molecule has 0 saturated heterocycles. The van der Waals surface area contributed by atoms with Crippen LogP contribution >= 0.6 is 0 Å². The van der Waals surface area contributed by atoms with Gasteiger partial charge in [0.2, 0.25) is 5.69 Å². The predicted molar refractivity (Wildman–Crippen MR) is 178 cm³/mol. The molecular weight excluding hydrogens is 530 g/mol. The fourth-order valence-corrected chi connectivity index (χ4v) is 7.24. The molecule has 2 aromatic rings. The molecule has 0 amide bonds. The number of carbonyl (C=O) groups is 1. The van der Waals surface area contributed by atoms with Gasteiger partial charge in [0.25, 0.3) is 0 Å². The Labute approximate surface area is 258 Å². The number of anilines is 1. The summed E-state index contributed by atoms with van der Waals surface area (Å²) in [5, 5.41) is 12.8. The summed E-state index contributed by atoms with van der Waals surface area (Å²) < 4.78 is 2.33. The number of fused-ring (bicyclic) bond motifs is 2. The number of unbranched alkanes of at least 4 members (excludes halogenated alkanes) is 2. The van der Waals surface area contributed by atoms with Gasteiger partial charge in [0.05, 0.1) is 5.41 Å². The van der Waals surface area contributed by atoms with E-state index in [2.05, 4.69) is 129 Å². The molecule has 5 nitrogen and oxygen atoms in total. The first-order valence-corrected chi connectivity index (χ1v) is 15.9. The molecule has 0 fully saturated rings. The number of aliphatic carboxylic acids is 1. The Morgan fingerprint density at radius 3 is 2.37 bits per heavy atom. The largest absolute Gasteiger partial charge is 0.481 e. The molecule has 0 radical (unpaired) electrons. The second-order valence-corrected chi connectivity index (χ2v) is 13.2.